The fourth-order valence-corrected chi connectivity index (χ4v) is 2.66. The van der Waals surface area contributed by atoms with Crippen molar-refractivity contribution in [2.45, 2.75) is 25.4 Å². The Morgan fingerprint density at radius 2 is 2.25 bits per heavy atom. The normalized spacial score (nSPS) is 19.2. The van der Waals surface area contributed by atoms with Crippen molar-refractivity contribution >= 4 is 16.7 Å². The summed E-state index contributed by atoms with van der Waals surface area (Å²) in [6, 6.07) is 4.59. The maximum atomic E-state index is 13.4. The molecule has 1 unspecified atom stereocenters. The predicted octanol–water partition coefficient (Wildman–Crippen LogP) is 2.77. The quantitative estimate of drug-likeness (QED) is 0.863. The maximum Gasteiger partial charge on any atom is 0.139 e. The molecule has 1 aromatic heterocycles. The van der Waals surface area contributed by atoms with Crippen LogP contribution in [0.15, 0.2) is 24.5 Å². The molecule has 1 fully saturated rings. The lowest BCUT2D eigenvalue weighted by Crippen LogP contribution is -2.33. The van der Waals surface area contributed by atoms with Crippen LogP contribution in [0.2, 0.25) is 0 Å². The van der Waals surface area contributed by atoms with E-state index in [1.54, 1.807) is 6.07 Å². The molecule has 1 aliphatic heterocycles. The maximum absolute atomic E-state index is 13.4. The first kappa shape index (κ1) is 13.2. The molecule has 1 aromatic carbocycles. The smallest absolute Gasteiger partial charge is 0.139 e. The predicted molar refractivity (Wildman–Crippen MR) is 76.4 cm³/mol. The Labute approximate surface area is 117 Å². The van der Waals surface area contributed by atoms with Crippen molar-refractivity contribution in [1.29, 1.82) is 0 Å². The molecule has 106 valence electrons. The van der Waals surface area contributed by atoms with E-state index in [4.69, 9.17) is 4.74 Å². The van der Waals surface area contributed by atoms with Crippen LogP contribution in [0.25, 0.3) is 10.9 Å². The van der Waals surface area contributed by atoms with Gasteiger partial charge in [0.15, 0.2) is 0 Å². The van der Waals surface area contributed by atoms with Crippen molar-refractivity contribution in [3.05, 3.63) is 30.3 Å². The zero-order valence-corrected chi connectivity index (χ0v) is 11.6. The number of ether oxygens (including phenoxy) is 1. The summed E-state index contributed by atoms with van der Waals surface area (Å²) in [6.45, 7) is 1.60. The number of anilines is 1. The molecule has 1 aliphatic rings. The van der Waals surface area contributed by atoms with Gasteiger partial charge in [-0.1, -0.05) is 0 Å². The first-order valence-corrected chi connectivity index (χ1v) is 6.97. The molecule has 4 nitrogen and oxygen atoms in total. The van der Waals surface area contributed by atoms with Gasteiger partial charge in [0, 0.05) is 25.6 Å². The van der Waals surface area contributed by atoms with Gasteiger partial charge in [0.2, 0.25) is 0 Å². The average molecular weight is 275 g/mol. The number of fused-ring (bicyclic) bond motifs is 1. The van der Waals surface area contributed by atoms with E-state index in [0.717, 1.165) is 42.7 Å². The first-order valence-electron chi connectivity index (χ1n) is 6.97. The summed E-state index contributed by atoms with van der Waals surface area (Å²) in [5.41, 5.74) is 0.757. The Bertz CT molecular complexity index is 599. The fraction of sp³-hybridized carbons (Fsp3) is 0.467. The van der Waals surface area contributed by atoms with E-state index >= 15 is 0 Å². The summed E-state index contributed by atoms with van der Waals surface area (Å²) in [6.07, 6.45) is 5.17. The van der Waals surface area contributed by atoms with Gasteiger partial charge in [0.05, 0.1) is 11.6 Å². The van der Waals surface area contributed by atoms with Crippen LogP contribution in [0, 0.1) is 5.82 Å². The molecular weight excluding hydrogens is 257 g/mol. The van der Waals surface area contributed by atoms with Gasteiger partial charge >= 0.3 is 0 Å². The lowest BCUT2D eigenvalue weighted by atomic mass is 10.1. The van der Waals surface area contributed by atoms with Gasteiger partial charge in [-0.25, -0.2) is 14.4 Å². The van der Waals surface area contributed by atoms with E-state index in [-0.39, 0.29) is 11.9 Å². The molecule has 0 N–H and O–H groups in total. The molecule has 1 saturated heterocycles. The molecule has 0 spiro atoms. The highest BCUT2D eigenvalue weighted by Gasteiger charge is 2.18. The van der Waals surface area contributed by atoms with E-state index in [0.29, 0.717) is 0 Å². The van der Waals surface area contributed by atoms with Crippen molar-refractivity contribution in [1.82, 2.24) is 9.97 Å². The minimum Gasteiger partial charge on any atom is -0.376 e. The zero-order valence-electron chi connectivity index (χ0n) is 11.6. The van der Waals surface area contributed by atoms with Crippen LogP contribution in [0.4, 0.5) is 10.2 Å². The summed E-state index contributed by atoms with van der Waals surface area (Å²) in [5, 5.41) is 0.741. The number of halogens is 1. The van der Waals surface area contributed by atoms with Crippen LogP contribution < -0.4 is 4.90 Å². The number of hydrogen-bond acceptors (Lipinski definition) is 4. The molecule has 2 aromatic rings. The van der Waals surface area contributed by atoms with Crippen LogP contribution >= 0.6 is 0 Å². The van der Waals surface area contributed by atoms with Crippen LogP contribution in [-0.2, 0) is 4.74 Å². The van der Waals surface area contributed by atoms with E-state index < -0.39 is 0 Å². The molecule has 20 heavy (non-hydrogen) atoms. The molecule has 0 saturated carbocycles. The monoisotopic (exact) mass is 275 g/mol. The second-order valence-electron chi connectivity index (χ2n) is 5.23. The number of nitrogens with zero attached hydrogens (tertiary/aromatic N) is 3. The van der Waals surface area contributed by atoms with Crippen LogP contribution in [0.3, 0.4) is 0 Å². The number of aromatic nitrogens is 2. The van der Waals surface area contributed by atoms with Gasteiger partial charge in [0.25, 0.3) is 0 Å². The second-order valence-corrected chi connectivity index (χ2v) is 5.23. The van der Waals surface area contributed by atoms with Crippen LogP contribution in [0.5, 0.6) is 0 Å². The second kappa shape index (κ2) is 5.71. The zero-order chi connectivity index (χ0) is 13.9. The van der Waals surface area contributed by atoms with E-state index in [1.165, 1.54) is 24.9 Å². The minimum atomic E-state index is -0.268. The molecule has 0 aliphatic carbocycles. The third-order valence-corrected chi connectivity index (χ3v) is 3.69. The highest BCUT2D eigenvalue weighted by atomic mass is 19.1. The van der Waals surface area contributed by atoms with Crippen molar-refractivity contribution in [3.63, 3.8) is 0 Å². The average Bonchev–Trinajstić information content (AvgIpc) is 2.47. The van der Waals surface area contributed by atoms with E-state index in [2.05, 4.69) is 9.97 Å². The van der Waals surface area contributed by atoms with Gasteiger partial charge < -0.3 is 9.64 Å². The molecule has 1 atom stereocenters. The summed E-state index contributed by atoms with van der Waals surface area (Å²) in [7, 11) is 1.96. The lowest BCUT2D eigenvalue weighted by molar-refractivity contribution is 0.0215. The van der Waals surface area contributed by atoms with Crippen molar-refractivity contribution in [2.75, 3.05) is 25.1 Å². The lowest BCUT2D eigenvalue weighted by Gasteiger charge is -2.28. The standard InChI is InChI=1S/C15H18FN3O/c1-19(9-12-4-2-3-7-20-12)15-13-8-11(16)5-6-14(13)17-10-18-15/h5-6,8,10,12H,2-4,7,9H2,1H3. The molecule has 5 heteroatoms. The van der Waals surface area contributed by atoms with E-state index in [9.17, 15) is 4.39 Å². The highest BCUT2D eigenvalue weighted by Crippen LogP contribution is 2.24. The van der Waals surface area contributed by atoms with Gasteiger partial charge in [-0.15, -0.1) is 0 Å². The largest absolute Gasteiger partial charge is 0.376 e. The molecule has 0 bridgehead atoms. The Morgan fingerprint density at radius 1 is 1.35 bits per heavy atom. The summed E-state index contributed by atoms with van der Waals surface area (Å²) in [5.74, 6) is 0.486. The molecule has 2 heterocycles. The molecular formula is C15H18FN3O. The summed E-state index contributed by atoms with van der Waals surface area (Å²) in [4.78, 5) is 10.5. The first-order chi connectivity index (χ1) is 9.74. The number of rotatable bonds is 3. The van der Waals surface area contributed by atoms with Crippen molar-refractivity contribution in [2.24, 2.45) is 0 Å². The van der Waals surface area contributed by atoms with E-state index in [1.807, 2.05) is 11.9 Å². The Kier molecular flexibility index (Phi) is 3.78. The Morgan fingerprint density at radius 3 is 3.05 bits per heavy atom. The molecule has 3 rings (SSSR count). The number of benzene rings is 1. The fourth-order valence-electron chi connectivity index (χ4n) is 2.66. The Balaban J connectivity index is 1.86. The van der Waals surface area contributed by atoms with Crippen LogP contribution in [0.1, 0.15) is 19.3 Å². The van der Waals surface area contributed by atoms with Crippen LogP contribution in [-0.4, -0.2) is 36.3 Å². The van der Waals surface area contributed by atoms with Gasteiger partial charge in [-0.05, 0) is 37.5 Å². The SMILES string of the molecule is CN(CC1CCCCO1)c1ncnc2ccc(F)cc12. The third-order valence-electron chi connectivity index (χ3n) is 3.69. The summed E-state index contributed by atoms with van der Waals surface area (Å²) >= 11 is 0. The highest BCUT2D eigenvalue weighted by molar-refractivity contribution is 5.89. The molecule has 0 radical (unpaired) electrons. The topological polar surface area (TPSA) is 38.2 Å². The summed E-state index contributed by atoms with van der Waals surface area (Å²) < 4.78 is 19.2. The van der Waals surface area contributed by atoms with Gasteiger partial charge in [-0.2, -0.15) is 0 Å². The molecule has 0 amide bonds. The van der Waals surface area contributed by atoms with Crippen molar-refractivity contribution < 1.29 is 9.13 Å². The Hall–Kier alpha value is -1.75. The van der Waals surface area contributed by atoms with Gasteiger partial charge in [0.1, 0.15) is 18.0 Å². The van der Waals surface area contributed by atoms with Crippen molar-refractivity contribution in [3.8, 4) is 0 Å². The number of likely N-dealkylation sites (N-methyl/N-ethyl adjacent to an activating group) is 1. The third kappa shape index (κ3) is 2.72. The minimum absolute atomic E-state index is 0.229. The van der Waals surface area contributed by atoms with Gasteiger partial charge in [-0.3, -0.25) is 0 Å². The number of hydrogen-bond donors (Lipinski definition) is 0.